The molecule has 0 unspecified atom stereocenters. The Morgan fingerprint density at radius 1 is 1.21 bits per heavy atom. The maximum atomic E-state index is 12.9. The third kappa shape index (κ3) is 3.84. The number of methoxy groups -OCH3 is 1. The molecule has 1 aliphatic heterocycles. The highest BCUT2D eigenvalue weighted by Crippen LogP contribution is 2.31. The summed E-state index contributed by atoms with van der Waals surface area (Å²) in [5.41, 5.74) is 2.61. The third-order valence-corrected chi connectivity index (χ3v) is 5.12. The molecule has 2 aromatic carbocycles. The topological polar surface area (TPSA) is 68.2 Å². The van der Waals surface area contributed by atoms with E-state index >= 15 is 0 Å². The lowest BCUT2D eigenvalue weighted by Gasteiger charge is -2.27. The molecule has 0 saturated carbocycles. The van der Waals surface area contributed by atoms with Crippen LogP contribution >= 0.6 is 12.4 Å². The second-order valence-corrected chi connectivity index (χ2v) is 7.00. The van der Waals surface area contributed by atoms with E-state index in [-0.39, 0.29) is 24.2 Å². The Kier molecular flexibility index (Phi) is 6.21. The van der Waals surface area contributed by atoms with Crippen molar-refractivity contribution in [3.8, 4) is 11.4 Å². The number of carbonyl (C=O) groups excluding carboxylic acids is 1. The van der Waals surface area contributed by atoms with Gasteiger partial charge in [0.1, 0.15) is 5.75 Å². The highest BCUT2D eigenvalue weighted by molar-refractivity contribution is 5.94. The zero-order chi connectivity index (χ0) is 18.8. The summed E-state index contributed by atoms with van der Waals surface area (Å²) in [7, 11) is 1.65. The van der Waals surface area contributed by atoms with Gasteiger partial charge >= 0.3 is 0 Å². The molecule has 2 N–H and O–H groups in total. The molecule has 2 heterocycles. The number of nitrogens with zero attached hydrogens (tertiary/aromatic N) is 2. The standard InChI is InChI=1S/C21H24N4O2.ClH/c1-14-13-15(11-12-22-14)20(26)24-21-23-16-7-3-4-8-17(16)25(21)18-9-5-6-10-19(18)27-2;/h3-10,14-15,22H,11-13H2,1-2H3,(H,23,24,26);1H/t14-,15-;/m0./s1. The highest BCUT2D eigenvalue weighted by Gasteiger charge is 2.26. The van der Waals surface area contributed by atoms with Gasteiger partial charge in [-0.1, -0.05) is 24.3 Å². The fourth-order valence-corrected chi connectivity index (χ4v) is 3.75. The van der Waals surface area contributed by atoms with Crippen LogP contribution in [0.1, 0.15) is 19.8 Å². The molecule has 1 amide bonds. The van der Waals surface area contributed by atoms with E-state index in [1.54, 1.807) is 7.11 Å². The highest BCUT2D eigenvalue weighted by atomic mass is 35.5. The molecule has 6 nitrogen and oxygen atoms in total. The Bertz CT molecular complexity index is 972. The second-order valence-electron chi connectivity index (χ2n) is 7.00. The number of rotatable bonds is 4. The van der Waals surface area contributed by atoms with Gasteiger partial charge < -0.3 is 10.1 Å². The van der Waals surface area contributed by atoms with E-state index in [9.17, 15) is 4.79 Å². The SMILES string of the molecule is COc1ccccc1-n1c(NC(=O)[C@H]2CCN[C@@H](C)C2)nc2ccccc21.Cl. The first-order chi connectivity index (χ1) is 13.2. The van der Waals surface area contributed by atoms with Gasteiger partial charge in [0.2, 0.25) is 11.9 Å². The van der Waals surface area contributed by atoms with Crippen LogP contribution in [0.5, 0.6) is 5.75 Å². The summed E-state index contributed by atoms with van der Waals surface area (Å²) in [6.45, 7) is 2.98. The van der Waals surface area contributed by atoms with Crippen LogP contribution in [0.4, 0.5) is 5.95 Å². The monoisotopic (exact) mass is 400 g/mol. The van der Waals surface area contributed by atoms with E-state index in [4.69, 9.17) is 4.74 Å². The fourth-order valence-electron chi connectivity index (χ4n) is 3.75. The van der Waals surface area contributed by atoms with Crippen LogP contribution in [-0.4, -0.2) is 35.2 Å². The quantitative estimate of drug-likeness (QED) is 0.699. The number of para-hydroxylation sites is 4. The van der Waals surface area contributed by atoms with E-state index in [2.05, 4.69) is 22.5 Å². The minimum Gasteiger partial charge on any atom is -0.495 e. The molecule has 1 aliphatic rings. The van der Waals surface area contributed by atoms with Gasteiger partial charge in [-0.25, -0.2) is 4.98 Å². The second kappa shape index (κ2) is 8.63. The van der Waals surface area contributed by atoms with Crippen LogP contribution in [0, 0.1) is 5.92 Å². The van der Waals surface area contributed by atoms with Crippen molar-refractivity contribution < 1.29 is 9.53 Å². The Labute approximate surface area is 170 Å². The first kappa shape index (κ1) is 20.2. The van der Waals surface area contributed by atoms with Crippen molar-refractivity contribution in [1.82, 2.24) is 14.9 Å². The van der Waals surface area contributed by atoms with Gasteiger partial charge in [-0.15, -0.1) is 12.4 Å². The normalized spacial score (nSPS) is 19.1. The molecule has 1 fully saturated rings. The largest absolute Gasteiger partial charge is 0.495 e. The van der Waals surface area contributed by atoms with E-state index in [1.807, 2.05) is 53.1 Å². The minimum absolute atomic E-state index is 0. The molecule has 0 spiro atoms. The lowest BCUT2D eigenvalue weighted by Crippen LogP contribution is -2.40. The van der Waals surface area contributed by atoms with E-state index in [1.165, 1.54) is 0 Å². The van der Waals surface area contributed by atoms with Gasteiger partial charge in [-0.3, -0.25) is 14.7 Å². The molecule has 4 rings (SSSR count). The number of amides is 1. The summed E-state index contributed by atoms with van der Waals surface area (Å²) in [6.07, 6.45) is 1.67. The summed E-state index contributed by atoms with van der Waals surface area (Å²) in [4.78, 5) is 17.6. The van der Waals surface area contributed by atoms with Gasteiger partial charge in [0, 0.05) is 12.0 Å². The average molecular weight is 401 g/mol. The lowest BCUT2D eigenvalue weighted by atomic mass is 9.92. The van der Waals surface area contributed by atoms with Crippen LogP contribution in [0.3, 0.4) is 0 Å². The molecule has 0 radical (unpaired) electrons. The summed E-state index contributed by atoms with van der Waals surface area (Å²) in [5, 5.41) is 6.46. The van der Waals surface area contributed by atoms with Crippen LogP contribution < -0.4 is 15.4 Å². The predicted octanol–water partition coefficient (Wildman–Crippen LogP) is 3.78. The number of fused-ring (bicyclic) bond motifs is 1. The smallest absolute Gasteiger partial charge is 0.229 e. The third-order valence-electron chi connectivity index (χ3n) is 5.12. The van der Waals surface area contributed by atoms with E-state index < -0.39 is 0 Å². The van der Waals surface area contributed by atoms with Gasteiger partial charge in [0.25, 0.3) is 0 Å². The summed E-state index contributed by atoms with van der Waals surface area (Å²) >= 11 is 0. The number of carbonyl (C=O) groups is 1. The first-order valence-electron chi connectivity index (χ1n) is 9.32. The average Bonchev–Trinajstić information content (AvgIpc) is 3.05. The van der Waals surface area contributed by atoms with E-state index in [0.29, 0.717) is 12.0 Å². The number of piperidine rings is 1. The maximum Gasteiger partial charge on any atom is 0.229 e. The molecule has 7 heteroatoms. The number of hydrogen-bond acceptors (Lipinski definition) is 4. The maximum absolute atomic E-state index is 12.9. The Hall–Kier alpha value is -2.57. The summed E-state index contributed by atoms with van der Waals surface area (Å²) in [6, 6.07) is 16.0. The number of imidazole rings is 1. The summed E-state index contributed by atoms with van der Waals surface area (Å²) in [5.74, 6) is 1.27. The number of benzene rings is 2. The van der Waals surface area contributed by atoms with Crippen molar-refractivity contribution in [1.29, 1.82) is 0 Å². The first-order valence-corrected chi connectivity index (χ1v) is 9.32. The molecular weight excluding hydrogens is 376 g/mol. The van der Waals surface area contributed by atoms with Gasteiger partial charge in [0.05, 0.1) is 23.8 Å². The minimum atomic E-state index is -0.00724. The molecule has 0 bridgehead atoms. The molecular formula is C21H25ClN4O2. The lowest BCUT2D eigenvalue weighted by molar-refractivity contribution is -0.120. The molecule has 0 aliphatic carbocycles. The predicted molar refractivity (Wildman–Crippen MR) is 114 cm³/mol. The fraction of sp³-hybridized carbons (Fsp3) is 0.333. The number of halogens is 1. The Morgan fingerprint density at radius 3 is 2.75 bits per heavy atom. The molecule has 28 heavy (non-hydrogen) atoms. The summed E-state index contributed by atoms with van der Waals surface area (Å²) < 4.78 is 7.49. The number of aromatic nitrogens is 2. The van der Waals surface area contributed by atoms with Crippen molar-refractivity contribution in [2.45, 2.75) is 25.8 Å². The number of hydrogen-bond donors (Lipinski definition) is 2. The van der Waals surface area contributed by atoms with Crippen molar-refractivity contribution in [2.24, 2.45) is 5.92 Å². The molecule has 148 valence electrons. The Balaban J connectivity index is 0.00000225. The number of ether oxygens (including phenoxy) is 1. The van der Waals surface area contributed by atoms with Crippen LogP contribution in [0.2, 0.25) is 0 Å². The van der Waals surface area contributed by atoms with Crippen molar-refractivity contribution >= 4 is 35.3 Å². The molecule has 3 aromatic rings. The van der Waals surface area contributed by atoms with Crippen LogP contribution in [0.15, 0.2) is 48.5 Å². The van der Waals surface area contributed by atoms with Crippen LogP contribution in [0.25, 0.3) is 16.7 Å². The molecule has 2 atom stereocenters. The Morgan fingerprint density at radius 2 is 1.96 bits per heavy atom. The molecule has 1 aromatic heterocycles. The van der Waals surface area contributed by atoms with Gasteiger partial charge in [-0.05, 0) is 50.6 Å². The number of anilines is 1. The molecule has 1 saturated heterocycles. The zero-order valence-electron chi connectivity index (χ0n) is 16.0. The van der Waals surface area contributed by atoms with Crippen molar-refractivity contribution in [3.63, 3.8) is 0 Å². The number of nitrogens with one attached hydrogen (secondary N) is 2. The van der Waals surface area contributed by atoms with E-state index in [0.717, 1.165) is 41.9 Å². The van der Waals surface area contributed by atoms with Gasteiger partial charge in [0.15, 0.2) is 0 Å². The van der Waals surface area contributed by atoms with Crippen LogP contribution in [-0.2, 0) is 4.79 Å². The van der Waals surface area contributed by atoms with Crippen molar-refractivity contribution in [3.05, 3.63) is 48.5 Å². The zero-order valence-corrected chi connectivity index (χ0v) is 16.8. The van der Waals surface area contributed by atoms with Crippen molar-refractivity contribution in [2.75, 3.05) is 19.0 Å². The van der Waals surface area contributed by atoms with Gasteiger partial charge in [-0.2, -0.15) is 0 Å².